The zero-order valence-electron chi connectivity index (χ0n) is 15.3. The standard InChI is InChI=1S/C25H19ClN2/c26-20-10-13-23-19(15-20)9-12-25(28-23)22-16-27-24-11-8-18(14-21(22)24)7-6-17-4-2-1-3-5-17/h1-5,8-16,27H,6-7H2. The van der Waals surface area contributed by atoms with Gasteiger partial charge >= 0.3 is 0 Å². The van der Waals surface area contributed by atoms with Crippen molar-refractivity contribution < 1.29 is 0 Å². The molecule has 0 aliphatic carbocycles. The molecule has 0 bridgehead atoms. The predicted octanol–water partition coefficient (Wildman–Crippen LogP) is 6.82. The molecule has 2 aromatic heterocycles. The molecule has 3 heteroatoms. The summed E-state index contributed by atoms with van der Waals surface area (Å²) in [5.41, 5.74) is 6.90. The van der Waals surface area contributed by atoms with E-state index in [4.69, 9.17) is 16.6 Å². The van der Waals surface area contributed by atoms with Crippen molar-refractivity contribution in [2.75, 3.05) is 0 Å². The van der Waals surface area contributed by atoms with Crippen LogP contribution in [0.3, 0.4) is 0 Å². The van der Waals surface area contributed by atoms with Gasteiger partial charge in [0, 0.05) is 33.1 Å². The molecule has 0 aliphatic heterocycles. The van der Waals surface area contributed by atoms with E-state index in [1.54, 1.807) is 0 Å². The molecule has 0 unspecified atom stereocenters. The van der Waals surface area contributed by atoms with Gasteiger partial charge in [-0.3, -0.25) is 0 Å². The highest BCUT2D eigenvalue weighted by Gasteiger charge is 2.09. The Kier molecular flexibility index (Phi) is 4.34. The monoisotopic (exact) mass is 382 g/mol. The number of fused-ring (bicyclic) bond motifs is 2. The molecular formula is C25H19ClN2. The van der Waals surface area contributed by atoms with Crippen LogP contribution in [0.1, 0.15) is 11.1 Å². The van der Waals surface area contributed by atoms with Gasteiger partial charge in [0.25, 0.3) is 0 Å². The van der Waals surface area contributed by atoms with Crippen LogP contribution in [0.2, 0.25) is 5.02 Å². The van der Waals surface area contributed by atoms with E-state index in [1.807, 2.05) is 18.2 Å². The molecule has 1 N–H and O–H groups in total. The fraction of sp³-hybridized carbons (Fsp3) is 0.0800. The Morgan fingerprint density at radius 1 is 0.786 bits per heavy atom. The zero-order valence-corrected chi connectivity index (χ0v) is 16.1. The van der Waals surface area contributed by atoms with E-state index in [0.29, 0.717) is 0 Å². The Morgan fingerprint density at radius 3 is 2.54 bits per heavy atom. The van der Waals surface area contributed by atoms with E-state index >= 15 is 0 Å². The Bertz CT molecular complexity index is 1270. The Morgan fingerprint density at radius 2 is 1.64 bits per heavy atom. The van der Waals surface area contributed by atoms with Crippen LogP contribution in [0.25, 0.3) is 33.1 Å². The lowest BCUT2D eigenvalue weighted by Crippen LogP contribution is -1.91. The molecule has 0 aliphatic rings. The zero-order chi connectivity index (χ0) is 18.9. The fourth-order valence-electron chi connectivity index (χ4n) is 3.71. The van der Waals surface area contributed by atoms with E-state index in [2.05, 4.69) is 71.8 Å². The lowest BCUT2D eigenvalue weighted by molar-refractivity contribution is 0.962. The van der Waals surface area contributed by atoms with Gasteiger partial charge in [0.2, 0.25) is 0 Å². The van der Waals surface area contributed by atoms with Crippen molar-refractivity contribution in [2.45, 2.75) is 12.8 Å². The van der Waals surface area contributed by atoms with Crippen molar-refractivity contribution in [3.8, 4) is 11.3 Å². The van der Waals surface area contributed by atoms with Crippen molar-refractivity contribution in [3.63, 3.8) is 0 Å². The Balaban J connectivity index is 1.50. The molecule has 2 nitrogen and oxygen atoms in total. The smallest absolute Gasteiger partial charge is 0.0731 e. The molecule has 3 aromatic carbocycles. The van der Waals surface area contributed by atoms with Crippen molar-refractivity contribution in [3.05, 3.63) is 101 Å². The number of H-pyrrole nitrogens is 1. The third-order valence-electron chi connectivity index (χ3n) is 5.22. The lowest BCUT2D eigenvalue weighted by atomic mass is 10.0. The molecule has 5 rings (SSSR count). The van der Waals surface area contributed by atoms with Crippen molar-refractivity contribution in [1.29, 1.82) is 0 Å². The molecule has 0 fully saturated rings. The van der Waals surface area contributed by atoms with Crippen LogP contribution in [0.5, 0.6) is 0 Å². The van der Waals surface area contributed by atoms with Crippen LogP contribution >= 0.6 is 11.6 Å². The Labute approximate surface area is 168 Å². The molecule has 0 spiro atoms. The summed E-state index contributed by atoms with van der Waals surface area (Å²) in [4.78, 5) is 8.24. The highest BCUT2D eigenvalue weighted by Crippen LogP contribution is 2.30. The SMILES string of the molecule is Clc1ccc2nc(-c3c[nH]c4ccc(CCc5ccccc5)cc34)ccc2c1. The minimum absolute atomic E-state index is 0.734. The normalized spacial score (nSPS) is 11.3. The molecule has 0 saturated heterocycles. The molecule has 136 valence electrons. The molecule has 0 amide bonds. The fourth-order valence-corrected chi connectivity index (χ4v) is 3.90. The number of nitrogens with zero attached hydrogens (tertiary/aromatic N) is 1. The van der Waals surface area contributed by atoms with Crippen molar-refractivity contribution in [1.82, 2.24) is 9.97 Å². The van der Waals surface area contributed by atoms with E-state index in [1.165, 1.54) is 16.5 Å². The van der Waals surface area contributed by atoms with Gasteiger partial charge in [-0.25, -0.2) is 4.98 Å². The number of rotatable bonds is 4. The van der Waals surface area contributed by atoms with Crippen LogP contribution in [-0.4, -0.2) is 9.97 Å². The first-order valence-corrected chi connectivity index (χ1v) is 9.85. The third-order valence-corrected chi connectivity index (χ3v) is 5.45. The highest BCUT2D eigenvalue weighted by molar-refractivity contribution is 6.31. The number of benzene rings is 3. The summed E-state index contributed by atoms with van der Waals surface area (Å²) >= 11 is 6.09. The van der Waals surface area contributed by atoms with Crippen LogP contribution in [0.4, 0.5) is 0 Å². The maximum atomic E-state index is 6.09. The molecular weight excluding hydrogens is 364 g/mol. The number of aryl methyl sites for hydroxylation is 2. The predicted molar refractivity (Wildman–Crippen MR) is 118 cm³/mol. The minimum atomic E-state index is 0.734. The van der Waals surface area contributed by atoms with Crippen LogP contribution in [0.15, 0.2) is 85.1 Å². The Hall–Kier alpha value is -3.10. The van der Waals surface area contributed by atoms with Crippen LogP contribution in [-0.2, 0) is 12.8 Å². The molecule has 5 aromatic rings. The number of pyridine rings is 1. The number of nitrogens with one attached hydrogen (secondary N) is 1. The summed E-state index contributed by atoms with van der Waals surface area (Å²) < 4.78 is 0. The molecule has 2 heterocycles. The van der Waals surface area contributed by atoms with Gasteiger partial charge in [-0.2, -0.15) is 0 Å². The second-order valence-electron chi connectivity index (χ2n) is 7.10. The first-order valence-electron chi connectivity index (χ1n) is 9.47. The number of halogens is 1. The van der Waals surface area contributed by atoms with Crippen molar-refractivity contribution >= 4 is 33.4 Å². The van der Waals surface area contributed by atoms with Crippen LogP contribution < -0.4 is 0 Å². The summed E-state index contributed by atoms with van der Waals surface area (Å²) in [7, 11) is 0. The maximum absolute atomic E-state index is 6.09. The van der Waals surface area contributed by atoms with Gasteiger partial charge in [0.05, 0.1) is 11.2 Å². The van der Waals surface area contributed by atoms with Gasteiger partial charge in [-0.15, -0.1) is 0 Å². The first kappa shape index (κ1) is 17.0. The number of hydrogen-bond donors (Lipinski definition) is 1. The minimum Gasteiger partial charge on any atom is -0.360 e. The summed E-state index contributed by atoms with van der Waals surface area (Å²) in [6.45, 7) is 0. The summed E-state index contributed by atoms with van der Waals surface area (Å²) in [6, 6.07) is 27.3. The van der Waals surface area contributed by atoms with E-state index in [0.717, 1.165) is 45.5 Å². The second-order valence-corrected chi connectivity index (χ2v) is 7.54. The topological polar surface area (TPSA) is 28.7 Å². The maximum Gasteiger partial charge on any atom is 0.0731 e. The van der Waals surface area contributed by atoms with Crippen LogP contribution in [0, 0.1) is 0 Å². The summed E-state index contributed by atoms with van der Waals surface area (Å²) in [5, 5.41) is 3.00. The van der Waals surface area contributed by atoms with E-state index in [-0.39, 0.29) is 0 Å². The average Bonchev–Trinajstić information content (AvgIpc) is 3.16. The number of hydrogen-bond acceptors (Lipinski definition) is 1. The second kappa shape index (κ2) is 7.14. The number of aromatic nitrogens is 2. The third kappa shape index (κ3) is 3.28. The van der Waals surface area contributed by atoms with E-state index in [9.17, 15) is 0 Å². The van der Waals surface area contributed by atoms with Gasteiger partial charge in [0.15, 0.2) is 0 Å². The van der Waals surface area contributed by atoms with Gasteiger partial charge < -0.3 is 4.98 Å². The highest BCUT2D eigenvalue weighted by atomic mass is 35.5. The van der Waals surface area contributed by atoms with Gasteiger partial charge in [-0.05, 0) is 60.4 Å². The number of aromatic amines is 1. The molecule has 28 heavy (non-hydrogen) atoms. The first-order chi connectivity index (χ1) is 13.8. The van der Waals surface area contributed by atoms with E-state index < -0.39 is 0 Å². The molecule has 0 atom stereocenters. The molecule has 0 radical (unpaired) electrons. The summed E-state index contributed by atoms with van der Waals surface area (Å²) in [6.07, 6.45) is 4.12. The quantitative estimate of drug-likeness (QED) is 0.363. The lowest BCUT2D eigenvalue weighted by Gasteiger charge is -2.05. The van der Waals surface area contributed by atoms with Crippen molar-refractivity contribution in [2.24, 2.45) is 0 Å². The molecule has 0 saturated carbocycles. The average molecular weight is 383 g/mol. The van der Waals surface area contributed by atoms with Gasteiger partial charge in [0.1, 0.15) is 0 Å². The largest absolute Gasteiger partial charge is 0.360 e. The van der Waals surface area contributed by atoms with Gasteiger partial charge in [-0.1, -0.05) is 54.1 Å². The summed E-state index contributed by atoms with van der Waals surface area (Å²) in [5.74, 6) is 0.